The molecule has 0 saturated heterocycles. The molecule has 0 heterocycles. The molecule has 94 valence electrons. The number of rotatable bonds is 4. The van der Waals surface area contributed by atoms with Crippen LogP contribution >= 0.6 is 11.6 Å². The van der Waals surface area contributed by atoms with Gasteiger partial charge in [-0.15, -0.1) is 11.6 Å². The third kappa shape index (κ3) is 2.68. The van der Waals surface area contributed by atoms with E-state index < -0.39 is 0 Å². The average Bonchev–Trinajstić information content (AvgIpc) is 2.40. The molecular formula is C16H17ClO. The van der Waals surface area contributed by atoms with E-state index in [0.717, 1.165) is 35.1 Å². The first-order valence-electron chi connectivity index (χ1n) is 6.22. The SMILES string of the molecule is CCc1c(O)cc(-c2ccccc2)cc1CCCl. The van der Waals surface area contributed by atoms with Gasteiger partial charge in [-0.1, -0.05) is 43.3 Å². The lowest BCUT2D eigenvalue weighted by Gasteiger charge is -2.12. The van der Waals surface area contributed by atoms with E-state index >= 15 is 0 Å². The molecule has 0 aliphatic carbocycles. The summed E-state index contributed by atoms with van der Waals surface area (Å²) in [6, 6.07) is 14.1. The lowest BCUT2D eigenvalue weighted by atomic mass is 9.95. The van der Waals surface area contributed by atoms with Crippen molar-refractivity contribution in [1.82, 2.24) is 0 Å². The van der Waals surface area contributed by atoms with Gasteiger partial charge in [-0.2, -0.15) is 0 Å². The summed E-state index contributed by atoms with van der Waals surface area (Å²) in [7, 11) is 0. The molecule has 0 unspecified atom stereocenters. The second kappa shape index (κ2) is 5.92. The van der Waals surface area contributed by atoms with Crippen molar-refractivity contribution in [2.45, 2.75) is 19.8 Å². The van der Waals surface area contributed by atoms with E-state index in [1.54, 1.807) is 0 Å². The molecule has 0 saturated carbocycles. The van der Waals surface area contributed by atoms with Crippen LogP contribution in [-0.2, 0) is 12.8 Å². The first-order chi connectivity index (χ1) is 8.76. The molecule has 0 atom stereocenters. The van der Waals surface area contributed by atoms with Gasteiger partial charge in [0, 0.05) is 5.88 Å². The molecule has 1 N–H and O–H groups in total. The van der Waals surface area contributed by atoms with E-state index in [4.69, 9.17) is 11.6 Å². The number of phenols is 1. The fraction of sp³-hybridized carbons (Fsp3) is 0.250. The molecule has 2 aromatic carbocycles. The summed E-state index contributed by atoms with van der Waals surface area (Å²) in [6.07, 6.45) is 1.62. The van der Waals surface area contributed by atoms with Gasteiger partial charge in [0.05, 0.1) is 0 Å². The number of aromatic hydroxyl groups is 1. The lowest BCUT2D eigenvalue weighted by molar-refractivity contribution is 0.468. The summed E-state index contributed by atoms with van der Waals surface area (Å²) in [6.45, 7) is 2.05. The summed E-state index contributed by atoms with van der Waals surface area (Å²) in [5, 5.41) is 10.1. The number of alkyl halides is 1. The number of hydrogen-bond donors (Lipinski definition) is 1. The molecule has 0 aliphatic rings. The molecule has 0 radical (unpaired) electrons. The van der Waals surface area contributed by atoms with E-state index in [9.17, 15) is 5.11 Å². The summed E-state index contributed by atoms with van der Waals surface area (Å²) < 4.78 is 0. The Morgan fingerprint density at radius 1 is 1.06 bits per heavy atom. The topological polar surface area (TPSA) is 20.2 Å². The van der Waals surface area contributed by atoms with Crippen molar-refractivity contribution in [1.29, 1.82) is 0 Å². The lowest BCUT2D eigenvalue weighted by Crippen LogP contribution is -1.96. The Bertz CT molecular complexity index is 520. The highest BCUT2D eigenvalue weighted by atomic mass is 35.5. The van der Waals surface area contributed by atoms with Crippen LogP contribution in [0.3, 0.4) is 0 Å². The quantitative estimate of drug-likeness (QED) is 0.808. The van der Waals surface area contributed by atoms with Gasteiger partial charge in [-0.05, 0) is 41.2 Å². The summed E-state index contributed by atoms with van der Waals surface area (Å²) in [5.74, 6) is 0.948. The summed E-state index contributed by atoms with van der Waals surface area (Å²) in [5.41, 5.74) is 4.32. The maximum atomic E-state index is 10.1. The first kappa shape index (κ1) is 13.0. The van der Waals surface area contributed by atoms with E-state index in [0.29, 0.717) is 11.6 Å². The molecule has 2 aromatic rings. The second-order valence-corrected chi connectivity index (χ2v) is 4.67. The molecule has 0 fully saturated rings. The van der Waals surface area contributed by atoms with Crippen molar-refractivity contribution in [3.8, 4) is 16.9 Å². The zero-order chi connectivity index (χ0) is 13.0. The monoisotopic (exact) mass is 260 g/mol. The summed E-state index contributed by atoms with van der Waals surface area (Å²) in [4.78, 5) is 0. The molecule has 0 bridgehead atoms. The van der Waals surface area contributed by atoms with Crippen LogP contribution < -0.4 is 0 Å². The van der Waals surface area contributed by atoms with Crippen LogP contribution in [0, 0.1) is 0 Å². The molecule has 1 nitrogen and oxygen atoms in total. The van der Waals surface area contributed by atoms with Gasteiger partial charge < -0.3 is 5.11 Å². The summed E-state index contributed by atoms with van der Waals surface area (Å²) >= 11 is 5.83. The van der Waals surface area contributed by atoms with Gasteiger partial charge in [0.1, 0.15) is 5.75 Å². The Morgan fingerprint density at radius 2 is 1.78 bits per heavy atom. The maximum Gasteiger partial charge on any atom is 0.119 e. The third-order valence-corrected chi connectivity index (χ3v) is 3.33. The Labute approximate surface area is 113 Å². The first-order valence-corrected chi connectivity index (χ1v) is 6.75. The van der Waals surface area contributed by atoms with Crippen molar-refractivity contribution >= 4 is 11.6 Å². The van der Waals surface area contributed by atoms with Crippen LogP contribution in [0.4, 0.5) is 0 Å². The van der Waals surface area contributed by atoms with Crippen LogP contribution in [0.15, 0.2) is 42.5 Å². The zero-order valence-electron chi connectivity index (χ0n) is 10.5. The highest BCUT2D eigenvalue weighted by molar-refractivity contribution is 6.18. The van der Waals surface area contributed by atoms with Gasteiger partial charge >= 0.3 is 0 Å². The number of hydrogen-bond acceptors (Lipinski definition) is 1. The maximum absolute atomic E-state index is 10.1. The number of benzene rings is 2. The average molecular weight is 261 g/mol. The van der Waals surface area contributed by atoms with Crippen LogP contribution in [0.1, 0.15) is 18.1 Å². The minimum atomic E-state index is 0.374. The van der Waals surface area contributed by atoms with Gasteiger partial charge in [-0.3, -0.25) is 0 Å². The molecule has 0 amide bonds. The van der Waals surface area contributed by atoms with Crippen molar-refractivity contribution < 1.29 is 5.11 Å². The predicted molar refractivity (Wildman–Crippen MR) is 77.3 cm³/mol. The predicted octanol–water partition coefficient (Wildman–Crippen LogP) is 4.40. The molecule has 18 heavy (non-hydrogen) atoms. The largest absolute Gasteiger partial charge is 0.508 e. The van der Waals surface area contributed by atoms with Gasteiger partial charge in [0.15, 0.2) is 0 Å². The number of halogens is 1. The zero-order valence-corrected chi connectivity index (χ0v) is 11.2. The van der Waals surface area contributed by atoms with E-state index in [-0.39, 0.29) is 0 Å². The Morgan fingerprint density at radius 3 is 2.39 bits per heavy atom. The Kier molecular flexibility index (Phi) is 4.27. The van der Waals surface area contributed by atoms with Crippen LogP contribution in [0.25, 0.3) is 11.1 Å². The fourth-order valence-corrected chi connectivity index (χ4v) is 2.45. The van der Waals surface area contributed by atoms with Crippen molar-refractivity contribution in [2.75, 3.05) is 5.88 Å². The molecule has 0 aromatic heterocycles. The van der Waals surface area contributed by atoms with Gasteiger partial charge in [-0.25, -0.2) is 0 Å². The van der Waals surface area contributed by atoms with Crippen molar-refractivity contribution in [2.24, 2.45) is 0 Å². The fourth-order valence-electron chi connectivity index (χ4n) is 2.25. The molecule has 0 aliphatic heterocycles. The van der Waals surface area contributed by atoms with E-state index in [1.807, 2.05) is 36.4 Å². The standard InChI is InChI=1S/C16H17ClO/c1-2-15-13(8-9-17)10-14(11-16(15)18)12-6-4-3-5-7-12/h3-7,10-11,18H,2,8-9H2,1H3. The smallest absolute Gasteiger partial charge is 0.119 e. The number of aryl methyl sites for hydroxylation is 1. The Balaban J connectivity index is 2.51. The van der Waals surface area contributed by atoms with Crippen LogP contribution in [0.5, 0.6) is 5.75 Å². The minimum Gasteiger partial charge on any atom is -0.508 e. The highest BCUT2D eigenvalue weighted by Crippen LogP contribution is 2.30. The minimum absolute atomic E-state index is 0.374. The molecule has 0 spiro atoms. The molecule has 2 heteroatoms. The van der Waals surface area contributed by atoms with Crippen LogP contribution in [0.2, 0.25) is 0 Å². The number of phenolic OH excluding ortho intramolecular Hbond substituents is 1. The van der Waals surface area contributed by atoms with Crippen molar-refractivity contribution in [3.63, 3.8) is 0 Å². The van der Waals surface area contributed by atoms with Crippen molar-refractivity contribution in [3.05, 3.63) is 53.6 Å². The second-order valence-electron chi connectivity index (χ2n) is 4.29. The highest BCUT2D eigenvalue weighted by Gasteiger charge is 2.09. The normalized spacial score (nSPS) is 10.6. The van der Waals surface area contributed by atoms with Gasteiger partial charge in [0.2, 0.25) is 0 Å². The van der Waals surface area contributed by atoms with E-state index in [1.165, 1.54) is 0 Å². The molecule has 2 rings (SSSR count). The van der Waals surface area contributed by atoms with E-state index in [2.05, 4.69) is 13.0 Å². The van der Waals surface area contributed by atoms with Gasteiger partial charge in [0.25, 0.3) is 0 Å². The van der Waals surface area contributed by atoms with Crippen LogP contribution in [-0.4, -0.2) is 11.0 Å². The third-order valence-electron chi connectivity index (χ3n) is 3.14. The Hall–Kier alpha value is -1.47. The molecular weight excluding hydrogens is 244 g/mol.